The average Bonchev–Trinajstić information content (AvgIpc) is 2.44. The molecule has 1 aliphatic carbocycles. The van der Waals surface area contributed by atoms with E-state index in [1.807, 2.05) is 12.1 Å². The van der Waals surface area contributed by atoms with Gasteiger partial charge in [0.15, 0.2) is 0 Å². The Morgan fingerprint density at radius 1 is 1.35 bits per heavy atom. The predicted molar refractivity (Wildman–Crippen MR) is 83.4 cm³/mol. The third-order valence-corrected chi connectivity index (χ3v) is 5.36. The summed E-state index contributed by atoms with van der Waals surface area (Å²) in [6.45, 7) is 5.21. The van der Waals surface area contributed by atoms with Crippen LogP contribution in [0, 0.1) is 23.1 Å². The zero-order valence-electron chi connectivity index (χ0n) is 12.5. The molecule has 1 nitrogen and oxygen atoms in total. The van der Waals surface area contributed by atoms with Crippen LogP contribution >= 0.6 is 11.6 Å². The van der Waals surface area contributed by atoms with Crippen LogP contribution in [0.1, 0.15) is 45.1 Å². The molecule has 2 rings (SSSR count). The van der Waals surface area contributed by atoms with E-state index in [0.717, 1.165) is 24.7 Å². The van der Waals surface area contributed by atoms with Gasteiger partial charge in [-0.15, -0.1) is 0 Å². The number of benzene rings is 1. The van der Waals surface area contributed by atoms with Crippen molar-refractivity contribution in [3.63, 3.8) is 0 Å². The van der Waals surface area contributed by atoms with E-state index < -0.39 is 0 Å². The third-order valence-electron chi connectivity index (χ3n) is 5.06. The van der Waals surface area contributed by atoms with Crippen molar-refractivity contribution < 1.29 is 4.39 Å². The molecule has 1 aromatic carbocycles. The molecular formula is C17H25ClFN. The van der Waals surface area contributed by atoms with E-state index >= 15 is 0 Å². The molecule has 1 fully saturated rings. The van der Waals surface area contributed by atoms with Crippen molar-refractivity contribution in [3.05, 3.63) is 34.6 Å². The maximum absolute atomic E-state index is 14.1. The molecule has 0 unspecified atom stereocenters. The van der Waals surface area contributed by atoms with Crippen molar-refractivity contribution in [1.82, 2.24) is 0 Å². The Bertz CT molecular complexity index is 450. The van der Waals surface area contributed by atoms with Crippen LogP contribution in [-0.4, -0.2) is 6.54 Å². The maximum atomic E-state index is 14.1. The van der Waals surface area contributed by atoms with Crippen molar-refractivity contribution in [2.24, 2.45) is 23.0 Å². The Morgan fingerprint density at radius 3 is 2.55 bits per heavy atom. The lowest BCUT2D eigenvalue weighted by Crippen LogP contribution is -2.38. The van der Waals surface area contributed by atoms with Gasteiger partial charge in [-0.25, -0.2) is 4.39 Å². The van der Waals surface area contributed by atoms with Crippen LogP contribution in [0.4, 0.5) is 4.39 Å². The molecule has 112 valence electrons. The number of rotatable bonds is 4. The highest BCUT2D eigenvalue weighted by atomic mass is 35.5. The molecular weight excluding hydrogens is 273 g/mol. The number of halogens is 2. The zero-order valence-corrected chi connectivity index (χ0v) is 13.2. The summed E-state index contributed by atoms with van der Waals surface area (Å²) in [6.07, 6.45) is 5.31. The molecule has 0 aromatic heterocycles. The molecule has 0 amide bonds. The largest absolute Gasteiger partial charge is 0.330 e. The maximum Gasteiger partial charge on any atom is 0.144 e. The van der Waals surface area contributed by atoms with Gasteiger partial charge >= 0.3 is 0 Å². The predicted octanol–water partition coefficient (Wildman–Crippen LogP) is 4.81. The number of nitrogens with two attached hydrogens (primary N) is 1. The van der Waals surface area contributed by atoms with Crippen LogP contribution in [0.2, 0.25) is 5.02 Å². The zero-order chi connectivity index (χ0) is 14.8. The van der Waals surface area contributed by atoms with Gasteiger partial charge in [0.25, 0.3) is 0 Å². The molecule has 0 atom stereocenters. The van der Waals surface area contributed by atoms with Crippen LogP contribution in [0.5, 0.6) is 0 Å². The van der Waals surface area contributed by atoms with Gasteiger partial charge in [0.1, 0.15) is 5.82 Å². The summed E-state index contributed by atoms with van der Waals surface area (Å²) in [5.74, 6) is 1.25. The minimum Gasteiger partial charge on any atom is -0.330 e. The second kappa shape index (κ2) is 6.44. The summed E-state index contributed by atoms with van der Waals surface area (Å²) in [6, 6.07) is 5.27. The van der Waals surface area contributed by atoms with Gasteiger partial charge in [-0.2, -0.15) is 0 Å². The standard InChI is InChI=1S/C17H25ClFN/c1-12(2)13-6-8-17(11-20,9-7-13)10-14-4-3-5-15(18)16(14)19/h3-5,12-13H,6-11,20H2,1-2H3. The second-order valence-corrected chi connectivity index (χ2v) is 7.08. The molecule has 3 heteroatoms. The molecule has 2 N–H and O–H groups in total. The molecule has 0 spiro atoms. The van der Waals surface area contributed by atoms with E-state index in [-0.39, 0.29) is 16.3 Å². The normalized spacial score (nSPS) is 27.0. The van der Waals surface area contributed by atoms with E-state index in [4.69, 9.17) is 17.3 Å². The fraction of sp³-hybridized carbons (Fsp3) is 0.647. The fourth-order valence-corrected chi connectivity index (χ4v) is 3.66. The minimum absolute atomic E-state index is 0.0525. The first kappa shape index (κ1) is 15.8. The molecule has 1 aliphatic rings. The van der Waals surface area contributed by atoms with Crippen LogP contribution in [-0.2, 0) is 6.42 Å². The minimum atomic E-state index is -0.270. The van der Waals surface area contributed by atoms with Crippen LogP contribution < -0.4 is 5.73 Å². The van der Waals surface area contributed by atoms with Gasteiger partial charge in [-0.05, 0) is 67.5 Å². The first-order valence-electron chi connectivity index (χ1n) is 7.60. The van der Waals surface area contributed by atoms with Gasteiger partial charge in [-0.1, -0.05) is 37.6 Å². The number of hydrogen-bond donors (Lipinski definition) is 1. The van der Waals surface area contributed by atoms with E-state index in [2.05, 4.69) is 13.8 Å². The summed E-state index contributed by atoms with van der Waals surface area (Å²) in [7, 11) is 0. The molecule has 0 radical (unpaired) electrons. The molecule has 0 heterocycles. The van der Waals surface area contributed by atoms with Crippen molar-refractivity contribution in [3.8, 4) is 0 Å². The summed E-state index contributed by atoms with van der Waals surface area (Å²) in [5, 5.41) is 0.213. The molecule has 1 saturated carbocycles. The average molecular weight is 298 g/mol. The Morgan fingerprint density at radius 2 is 2.00 bits per heavy atom. The number of hydrogen-bond acceptors (Lipinski definition) is 1. The SMILES string of the molecule is CC(C)C1CCC(CN)(Cc2cccc(Cl)c2F)CC1. The van der Waals surface area contributed by atoms with Gasteiger partial charge in [0, 0.05) is 0 Å². The highest BCUT2D eigenvalue weighted by Crippen LogP contribution is 2.43. The summed E-state index contributed by atoms with van der Waals surface area (Å²) >= 11 is 5.88. The van der Waals surface area contributed by atoms with Gasteiger partial charge in [0.05, 0.1) is 5.02 Å². The van der Waals surface area contributed by atoms with Crippen LogP contribution in [0.25, 0.3) is 0 Å². The lowest BCUT2D eigenvalue weighted by Gasteiger charge is -2.41. The molecule has 20 heavy (non-hydrogen) atoms. The van der Waals surface area contributed by atoms with Crippen molar-refractivity contribution in [2.75, 3.05) is 6.54 Å². The van der Waals surface area contributed by atoms with Crippen LogP contribution in [0.15, 0.2) is 18.2 Å². The molecule has 0 bridgehead atoms. The van der Waals surface area contributed by atoms with Gasteiger partial charge in [-0.3, -0.25) is 0 Å². The summed E-state index contributed by atoms with van der Waals surface area (Å²) < 4.78 is 14.1. The Labute approximate surface area is 126 Å². The first-order valence-corrected chi connectivity index (χ1v) is 7.98. The van der Waals surface area contributed by atoms with Gasteiger partial charge in [0.2, 0.25) is 0 Å². The second-order valence-electron chi connectivity index (χ2n) is 6.68. The molecule has 1 aromatic rings. The monoisotopic (exact) mass is 297 g/mol. The van der Waals surface area contributed by atoms with Crippen LogP contribution in [0.3, 0.4) is 0 Å². The highest BCUT2D eigenvalue weighted by molar-refractivity contribution is 6.30. The van der Waals surface area contributed by atoms with Crippen molar-refractivity contribution in [1.29, 1.82) is 0 Å². The summed E-state index contributed by atoms with van der Waals surface area (Å²) in [4.78, 5) is 0. The highest BCUT2D eigenvalue weighted by Gasteiger charge is 2.35. The quantitative estimate of drug-likeness (QED) is 0.847. The van der Waals surface area contributed by atoms with Gasteiger partial charge < -0.3 is 5.73 Å². The smallest absolute Gasteiger partial charge is 0.144 e. The van der Waals surface area contributed by atoms with Crippen molar-refractivity contribution >= 4 is 11.6 Å². The van der Waals surface area contributed by atoms with Crippen molar-refractivity contribution in [2.45, 2.75) is 46.0 Å². The third kappa shape index (κ3) is 3.35. The Hall–Kier alpha value is -0.600. The Kier molecular flexibility index (Phi) is 5.09. The molecule has 0 saturated heterocycles. The Balaban J connectivity index is 2.11. The van der Waals surface area contributed by atoms with E-state index in [1.54, 1.807) is 6.07 Å². The first-order chi connectivity index (χ1) is 9.47. The lowest BCUT2D eigenvalue weighted by molar-refractivity contribution is 0.131. The topological polar surface area (TPSA) is 26.0 Å². The van der Waals surface area contributed by atoms with E-state index in [1.165, 1.54) is 12.8 Å². The van der Waals surface area contributed by atoms with E-state index in [0.29, 0.717) is 18.5 Å². The fourth-order valence-electron chi connectivity index (χ4n) is 3.46. The van der Waals surface area contributed by atoms with E-state index in [9.17, 15) is 4.39 Å². The lowest BCUT2D eigenvalue weighted by atomic mass is 9.65. The molecule has 0 aliphatic heterocycles. The summed E-state index contributed by atoms with van der Waals surface area (Å²) in [5.41, 5.74) is 6.81.